The zero-order chi connectivity index (χ0) is 21.4. The maximum atomic E-state index is 13.8. The highest BCUT2D eigenvalue weighted by Gasteiger charge is 2.61. The fourth-order valence-electron chi connectivity index (χ4n) is 5.97. The van der Waals surface area contributed by atoms with Crippen molar-refractivity contribution in [1.29, 1.82) is 0 Å². The predicted octanol–water partition coefficient (Wildman–Crippen LogP) is 5.86. The summed E-state index contributed by atoms with van der Waals surface area (Å²) in [7, 11) is 0. The number of amides is 2. The molecule has 3 nitrogen and oxygen atoms in total. The second-order valence-electron chi connectivity index (χ2n) is 9.17. The monoisotopic (exact) mass is 427 g/mol. The maximum Gasteiger partial charge on any atom is 0.238 e. The molecule has 2 bridgehead atoms. The van der Waals surface area contributed by atoms with Crippen LogP contribution in [-0.2, 0) is 9.59 Å². The number of carbonyl (C=O) groups excluding carboxylic acids is 2. The lowest BCUT2D eigenvalue weighted by molar-refractivity contribution is -0.122. The zero-order valence-corrected chi connectivity index (χ0v) is 18.1. The van der Waals surface area contributed by atoms with Gasteiger partial charge in [-0.05, 0) is 51.9 Å². The summed E-state index contributed by atoms with van der Waals surface area (Å²) in [5.74, 6) is -0.753. The third-order valence-corrected chi connectivity index (χ3v) is 7.53. The molecule has 7 rings (SSSR count). The van der Waals surface area contributed by atoms with Gasteiger partial charge in [0.05, 0.1) is 17.5 Å². The van der Waals surface area contributed by atoms with E-state index in [0.29, 0.717) is 16.6 Å². The molecule has 1 fully saturated rings. The van der Waals surface area contributed by atoms with E-state index in [4.69, 9.17) is 11.6 Å². The van der Waals surface area contributed by atoms with Gasteiger partial charge in [-0.2, -0.15) is 0 Å². The molecular formula is C27H22ClNO2. The summed E-state index contributed by atoms with van der Waals surface area (Å²) >= 11 is 6.19. The van der Waals surface area contributed by atoms with Crippen molar-refractivity contribution >= 4 is 29.1 Å². The molecule has 3 aliphatic carbocycles. The van der Waals surface area contributed by atoms with E-state index in [2.05, 4.69) is 44.2 Å². The van der Waals surface area contributed by atoms with Crippen molar-refractivity contribution in [3.8, 4) is 0 Å². The van der Waals surface area contributed by atoms with E-state index in [9.17, 15) is 9.59 Å². The Morgan fingerprint density at radius 2 is 1.35 bits per heavy atom. The van der Waals surface area contributed by atoms with Gasteiger partial charge in [-0.3, -0.25) is 9.59 Å². The van der Waals surface area contributed by atoms with Gasteiger partial charge in [-0.1, -0.05) is 74.0 Å². The Kier molecular flexibility index (Phi) is 3.97. The second-order valence-corrected chi connectivity index (χ2v) is 9.61. The van der Waals surface area contributed by atoms with Crippen LogP contribution in [0, 0.1) is 11.8 Å². The second kappa shape index (κ2) is 6.54. The molecule has 0 aromatic heterocycles. The van der Waals surface area contributed by atoms with Gasteiger partial charge < -0.3 is 0 Å². The Balaban J connectivity index is 1.57. The highest BCUT2D eigenvalue weighted by Crippen LogP contribution is 2.61. The molecule has 4 atom stereocenters. The van der Waals surface area contributed by atoms with Crippen molar-refractivity contribution in [1.82, 2.24) is 0 Å². The zero-order valence-electron chi connectivity index (χ0n) is 17.4. The molecule has 0 spiro atoms. The SMILES string of the molecule is CC(C)c1ccc2c(c1)C1c3ccccc3C2C2C(=O)N(c3cccc(Cl)c3)C(=O)C12. The number of hydrogen-bond acceptors (Lipinski definition) is 2. The summed E-state index contributed by atoms with van der Waals surface area (Å²) < 4.78 is 0. The summed E-state index contributed by atoms with van der Waals surface area (Å²) in [4.78, 5) is 28.8. The predicted molar refractivity (Wildman–Crippen MR) is 122 cm³/mol. The number of rotatable bonds is 2. The Labute approximate surface area is 186 Å². The fourth-order valence-corrected chi connectivity index (χ4v) is 6.16. The first kappa shape index (κ1) is 18.8. The molecule has 154 valence electrons. The van der Waals surface area contributed by atoms with Crippen LogP contribution in [0.3, 0.4) is 0 Å². The molecule has 4 unspecified atom stereocenters. The van der Waals surface area contributed by atoms with Crippen molar-refractivity contribution in [2.75, 3.05) is 4.90 Å². The molecule has 2 amide bonds. The number of halogens is 1. The Hall–Kier alpha value is -2.91. The molecule has 3 aromatic carbocycles. The van der Waals surface area contributed by atoms with E-state index in [-0.39, 0.29) is 35.5 Å². The summed E-state index contributed by atoms with van der Waals surface area (Å²) in [5, 5.41) is 0.518. The van der Waals surface area contributed by atoms with Gasteiger partial charge in [0, 0.05) is 16.9 Å². The first-order valence-electron chi connectivity index (χ1n) is 10.8. The number of carbonyl (C=O) groups is 2. The highest BCUT2D eigenvalue weighted by atomic mass is 35.5. The van der Waals surface area contributed by atoms with Crippen molar-refractivity contribution in [3.63, 3.8) is 0 Å². The van der Waals surface area contributed by atoms with E-state index < -0.39 is 0 Å². The van der Waals surface area contributed by atoms with Gasteiger partial charge in [0.25, 0.3) is 0 Å². The minimum atomic E-state index is -0.374. The van der Waals surface area contributed by atoms with Crippen LogP contribution in [0.4, 0.5) is 5.69 Å². The van der Waals surface area contributed by atoms with E-state index in [1.807, 2.05) is 12.1 Å². The van der Waals surface area contributed by atoms with E-state index in [1.54, 1.807) is 24.3 Å². The van der Waals surface area contributed by atoms with Crippen LogP contribution in [-0.4, -0.2) is 11.8 Å². The van der Waals surface area contributed by atoms with Gasteiger partial charge in [0.2, 0.25) is 11.8 Å². The smallest absolute Gasteiger partial charge is 0.238 e. The topological polar surface area (TPSA) is 37.4 Å². The minimum absolute atomic E-state index is 0.0944. The maximum absolute atomic E-state index is 13.8. The van der Waals surface area contributed by atoms with Gasteiger partial charge in [0.15, 0.2) is 0 Å². The van der Waals surface area contributed by atoms with E-state index in [0.717, 1.165) is 0 Å². The van der Waals surface area contributed by atoms with Crippen LogP contribution in [0.2, 0.25) is 5.02 Å². The summed E-state index contributed by atoms with van der Waals surface area (Å²) in [6.45, 7) is 4.37. The van der Waals surface area contributed by atoms with Crippen LogP contribution in [0.5, 0.6) is 0 Å². The summed E-state index contributed by atoms with van der Waals surface area (Å²) in [6, 6.07) is 22.0. The number of imide groups is 1. The molecular weight excluding hydrogens is 406 g/mol. The van der Waals surface area contributed by atoms with E-state index >= 15 is 0 Å². The fraction of sp³-hybridized carbons (Fsp3) is 0.259. The van der Waals surface area contributed by atoms with Crippen molar-refractivity contribution in [3.05, 3.63) is 99.6 Å². The molecule has 1 heterocycles. The first-order valence-corrected chi connectivity index (χ1v) is 11.2. The molecule has 0 saturated carbocycles. The molecule has 3 aromatic rings. The lowest BCUT2D eigenvalue weighted by Crippen LogP contribution is -2.41. The molecule has 0 N–H and O–H groups in total. The van der Waals surface area contributed by atoms with Gasteiger partial charge in [-0.25, -0.2) is 4.90 Å². The number of benzene rings is 3. The van der Waals surface area contributed by atoms with Crippen molar-refractivity contribution in [2.24, 2.45) is 11.8 Å². The van der Waals surface area contributed by atoms with Gasteiger partial charge in [0.1, 0.15) is 0 Å². The van der Waals surface area contributed by atoms with Crippen LogP contribution in [0.1, 0.15) is 59.4 Å². The standard InChI is InChI=1S/C27H22ClNO2/c1-14(2)15-10-11-20-21(12-15)23-19-9-4-3-8-18(19)22(20)24-25(23)27(31)29(26(24)30)17-7-5-6-16(28)13-17/h3-14,22-25H,1-2H3. The normalized spacial score (nSPS) is 25.6. The molecule has 0 radical (unpaired) electrons. The summed E-state index contributed by atoms with van der Waals surface area (Å²) in [6.07, 6.45) is 0. The third-order valence-electron chi connectivity index (χ3n) is 7.30. The lowest BCUT2D eigenvalue weighted by atomic mass is 9.54. The van der Waals surface area contributed by atoms with Gasteiger partial charge in [-0.15, -0.1) is 0 Å². The van der Waals surface area contributed by atoms with Crippen molar-refractivity contribution < 1.29 is 9.59 Å². The van der Waals surface area contributed by atoms with Crippen molar-refractivity contribution in [2.45, 2.75) is 31.6 Å². The molecule has 1 aliphatic heterocycles. The minimum Gasteiger partial charge on any atom is -0.274 e. The van der Waals surface area contributed by atoms with E-state index in [1.165, 1.54) is 32.7 Å². The Morgan fingerprint density at radius 1 is 0.742 bits per heavy atom. The number of nitrogens with zero attached hydrogens (tertiary/aromatic N) is 1. The number of anilines is 1. The van der Waals surface area contributed by atoms with Gasteiger partial charge >= 0.3 is 0 Å². The average Bonchev–Trinajstić information content (AvgIpc) is 3.04. The Morgan fingerprint density at radius 3 is 1.97 bits per heavy atom. The largest absolute Gasteiger partial charge is 0.274 e. The highest BCUT2D eigenvalue weighted by molar-refractivity contribution is 6.31. The summed E-state index contributed by atoms with van der Waals surface area (Å²) in [5.41, 5.74) is 6.62. The molecule has 4 aliphatic rings. The first-order chi connectivity index (χ1) is 15.0. The third kappa shape index (κ3) is 2.47. The van der Waals surface area contributed by atoms with Crippen LogP contribution in [0.25, 0.3) is 0 Å². The Bertz CT molecular complexity index is 1260. The van der Waals surface area contributed by atoms with Crippen LogP contribution in [0.15, 0.2) is 66.7 Å². The number of hydrogen-bond donors (Lipinski definition) is 0. The quantitative estimate of drug-likeness (QED) is 0.480. The lowest BCUT2D eigenvalue weighted by Gasteiger charge is -2.46. The molecule has 1 saturated heterocycles. The van der Waals surface area contributed by atoms with Crippen LogP contribution < -0.4 is 4.90 Å². The molecule has 4 heteroatoms. The molecule has 31 heavy (non-hydrogen) atoms. The average molecular weight is 428 g/mol. The van der Waals surface area contributed by atoms with Crippen LogP contribution >= 0.6 is 11.6 Å².